The average Bonchev–Trinajstić information content (AvgIpc) is 3.01. The number of rotatable bonds is 5. The third-order valence-electron chi connectivity index (χ3n) is 3.66. The fourth-order valence-corrected chi connectivity index (χ4v) is 2.48. The molecule has 130 valence electrons. The van der Waals surface area contributed by atoms with Gasteiger partial charge in [0.1, 0.15) is 11.6 Å². The Morgan fingerprint density at radius 3 is 2.60 bits per heavy atom. The topological polar surface area (TPSA) is 84.9 Å². The van der Waals surface area contributed by atoms with Crippen molar-refractivity contribution in [2.45, 2.75) is 12.5 Å². The molecule has 0 aliphatic carbocycles. The summed E-state index contributed by atoms with van der Waals surface area (Å²) in [4.78, 5) is 23.4. The highest BCUT2D eigenvalue weighted by Gasteiger charge is 2.23. The number of amides is 1. The van der Waals surface area contributed by atoms with Gasteiger partial charge in [-0.25, -0.2) is 8.78 Å². The van der Waals surface area contributed by atoms with Crippen LogP contribution in [-0.2, 0) is 4.79 Å². The number of carbonyl (C=O) groups excluding carboxylic acids is 1. The second-order valence-corrected chi connectivity index (χ2v) is 5.36. The van der Waals surface area contributed by atoms with E-state index in [0.717, 1.165) is 12.1 Å². The SMILES string of the molecule is O=C(O)CC(NC(=O)c1ccc2c(c1)OCO2)c1ccc(F)cc1F. The van der Waals surface area contributed by atoms with Gasteiger partial charge in [-0.2, -0.15) is 0 Å². The van der Waals surface area contributed by atoms with Crippen LogP contribution in [0.3, 0.4) is 0 Å². The lowest BCUT2D eigenvalue weighted by Crippen LogP contribution is -2.30. The molecule has 25 heavy (non-hydrogen) atoms. The van der Waals surface area contributed by atoms with Crippen molar-refractivity contribution in [2.75, 3.05) is 6.79 Å². The highest BCUT2D eigenvalue weighted by molar-refractivity contribution is 5.95. The maximum absolute atomic E-state index is 14.0. The molecule has 2 aromatic carbocycles. The summed E-state index contributed by atoms with van der Waals surface area (Å²) in [6.07, 6.45) is -0.557. The fourth-order valence-electron chi connectivity index (χ4n) is 2.48. The second kappa shape index (κ2) is 6.76. The van der Waals surface area contributed by atoms with Gasteiger partial charge >= 0.3 is 5.97 Å². The Balaban J connectivity index is 1.84. The highest BCUT2D eigenvalue weighted by atomic mass is 19.1. The lowest BCUT2D eigenvalue weighted by atomic mass is 10.0. The third kappa shape index (κ3) is 3.68. The Bertz CT molecular complexity index is 840. The van der Waals surface area contributed by atoms with Crippen molar-refractivity contribution < 1.29 is 33.0 Å². The average molecular weight is 349 g/mol. The molecule has 3 rings (SSSR count). The van der Waals surface area contributed by atoms with E-state index < -0.39 is 36.0 Å². The van der Waals surface area contributed by atoms with Crippen LogP contribution in [-0.4, -0.2) is 23.8 Å². The Labute approximate surface area is 141 Å². The predicted octanol–water partition coefficient (Wildman–Crippen LogP) is 2.64. The van der Waals surface area contributed by atoms with Gasteiger partial charge in [0.25, 0.3) is 5.91 Å². The van der Waals surface area contributed by atoms with Crippen LogP contribution in [0.5, 0.6) is 11.5 Å². The van der Waals surface area contributed by atoms with Gasteiger partial charge in [0.2, 0.25) is 6.79 Å². The summed E-state index contributed by atoms with van der Waals surface area (Å²) in [6.45, 7) is 0.0445. The molecule has 8 heteroatoms. The number of benzene rings is 2. The molecule has 1 amide bonds. The van der Waals surface area contributed by atoms with Crippen molar-refractivity contribution in [1.82, 2.24) is 5.32 Å². The zero-order valence-electron chi connectivity index (χ0n) is 12.8. The van der Waals surface area contributed by atoms with E-state index in [0.29, 0.717) is 17.6 Å². The number of nitrogens with one attached hydrogen (secondary N) is 1. The van der Waals surface area contributed by atoms with Crippen LogP contribution in [0.4, 0.5) is 8.78 Å². The summed E-state index contributed by atoms with van der Waals surface area (Å²) in [5.74, 6) is -2.71. The number of ether oxygens (including phenoxy) is 2. The number of fused-ring (bicyclic) bond motifs is 1. The zero-order valence-corrected chi connectivity index (χ0v) is 12.8. The van der Waals surface area contributed by atoms with Gasteiger partial charge in [-0.05, 0) is 24.3 Å². The van der Waals surface area contributed by atoms with Gasteiger partial charge in [0.15, 0.2) is 11.5 Å². The van der Waals surface area contributed by atoms with E-state index in [1.165, 1.54) is 12.1 Å². The van der Waals surface area contributed by atoms with E-state index in [9.17, 15) is 18.4 Å². The molecule has 0 saturated carbocycles. The molecule has 2 aromatic rings. The Morgan fingerprint density at radius 1 is 1.12 bits per heavy atom. The van der Waals surface area contributed by atoms with Gasteiger partial charge in [-0.15, -0.1) is 0 Å². The molecule has 0 bridgehead atoms. The van der Waals surface area contributed by atoms with Crippen LogP contribution in [0.15, 0.2) is 36.4 Å². The van der Waals surface area contributed by atoms with Crippen molar-refractivity contribution >= 4 is 11.9 Å². The van der Waals surface area contributed by atoms with Crippen LogP contribution in [0.1, 0.15) is 28.4 Å². The highest BCUT2D eigenvalue weighted by Crippen LogP contribution is 2.32. The molecule has 6 nitrogen and oxygen atoms in total. The molecule has 0 saturated heterocycles. The number of hydrogen-bond acceptors (Lipinski definition) is 4. The molecule has 1 aliphatic heterocycles. The maximum atomic E-state index is 14.0. The van der Waals surface area contributed by atoms with Crippen molar-refractivity contribution in [3.8, 4) is 11.5 Å². The minimum atomic E-state index is -1.24. The maximum Gasteiger partial charge on any atom is 0.305 e. The summed E-state index contributed by atoms with van der Waals surface area (Å²) in [7, 11) is 0. The first-order valence-corrected chi connectivity index (χ1v) is 7.31. The summed E-state index contributed by atoms with van der Waals surface area (Å²) in [5, 5.41) is 11.5. The second-order valence-electron chi connectivity index (χ2n) is 5.36. The summed E-state index contributed by atoms with van der Waals surface area (Å²) in [5.41, 5.74) is 0.0834. The minimum Gasteiger partial charge on any atom is -0.481 e. The zero-order chi connectivity index (χ0) is 18.0. The standard InChI is InChI=1S/C17H13F2NO5/c18-10-2-3-11(12(19)6-10)13(7-16(21)22)20-17(23)9-1-4-14-15(5-9)25-8-24-14/h1-6,13H,7-8H2,(H,20,23)(H,21,22). The summed E-state index contributed by atoms with van der Waals surface area (Å²) < 4.78 is 37.3. The van der Waals surface area contributed by atoms with E-state index >= 15 is 0 Å². The van der Waals surface area contributed by atoms with Crippen LogP contribution in [0.2, 0.25) is 0 Å². The van der Waals surface area contributed by atoms with Gasteiger partial charge in [-0.3, -0.25) is 9.59 Å². The monoisotopic (exact) mass is 349 g/mol. The van der Waals surface area contributed by atoms with Crippen molar-refractivity contribution in [3.63, 3.8) is 0 Å². The van der Waals surface area contributed by atoms with Crippen LogP contribution in [0.25, 0.3) is 0 Å². The fraction of sp³-hybridized carbons (Fsp3) is 0.176. The Morgan fingerprint density at radius 2 is 1.88 bits per heavy atom. The molecule has 1 unspecified atom stereocenters. The number of aliphatic carboxylic acids is 1. The normalized spacial score (nSPS) is 13.4. The van der Waals surface area contributed by atoms with Gasteiger partial charge in [0, 0.05) is 17.2 Å². The molecule has 0 fully saturated rings. The van der Waals surface area contributed by atoms with Crippen LogP contribution >= 0.6 is 0 Å². The molecule has 1 aliphatic rings. The number of carboxylic acids is 1. The molecular weight excluding hydrogens is 336 g/mol. The first kappa shape index (κ1) is 16.7. The van der Waals surface area contributed by atoms with E-state index in [1.54, 1.807) is 6.07 Å². The predicted molar refractivity (Wildman–Crippen MR) is 81.4 cm³/mol. The molecule has 0 radical (unpaired) electrons. The number of carbonyl (C=O) groups is 2. The van der Waals surface area contributed by atoms with E-state index in [1.807, 2.05) is 0 Å². The van der Waals surface area contributed by atoms with Crippen molar-refractivity contribution in [1.29, 1.82) is 0 Å². The van der Waals surface area contributed by atoms with Crippen molar-refractivity contribution in [2.24, 2.45) is 0 Å². The lowest BCUT2D eigenvalue weighted by molar-refractivity contribution is -0.137. The summed E-state index contributed by atoms with van der Waals surface area (Å²) >= 11 is 0. The van der Waals surface area contributed by atoms with E-state index in [4.69, 9.17) is 14.6 Å². The van der Waals surface area contributed by atoms with Crippen molar-refractivity contribution in [3.05, 3.63) is 59.2 Å². The smallest absolute Gasteiger partial charge is 0.305 e. The molecule has 0 spiro atoms. The summed E-state index contributed by atoms with van der Waals surface area (Å²) in [6, 6.07) is 6.05. The van der Waals surface area contributed by atoms with E-state index in [2.05, 4.69) is 5.32 Å². The quantitative estimate of drug-likeness (QED) is 0.867. The van der Waals surface area contributed by atoms with Crippen LogP contribution in [0, 0.1) is 11.6 Å². The van der Waals surface area contributed by atoms with Gasteiger partial charge in [-0.1, -0.05) is 6.07 Å². The third-order valence-corrected chi connectivity index (χ3v) is 3.66. The number of carboxylic acid groups (broad SMARTS) is 1. The Kier molecular flexibility index (Phi) is 4.51. The first-order valence-electron chi connectivity index (χ1n) is 7.31. The largest absolute Gasteiger partial charge is 0.481 e. The van der Waals surface area contributed by atoms with E-state index in [-0.39, 0.29) is 17.9 Å². The molecule has 1 atom stereocenters. The minimum absolute atomic E-state index is 0.0445. The van der Waals surface area contributed by atoms with Gasteiger partial charge in [0.05, 0.1) is 12.5 Å². The molecule has 2 N–H and O–H groups in total. The lowest BCUT2D eigenvalue weighted by Gasteiger charge is -2.18. The number of hydrogen-bond donors (Lipinski definition) is 2. The van der Waals surface area contributed by atoms with Gasteiger partial charge < -0.3 is 19.9 Å². The first-order chi connectivity index (χ1) is 11.9. The molecule has 1 heterocycles. The molecular formula is C17H13F2NO5. The number of halogens is 2. The molecule has 0 aromatic heterocycles. The Hall–Kier alpha value is -3.16. The van der Waals surface area contributed by atoms with Crippen LogP contribution < -0.4 is 14.8 Å².